The second-order valence-electron chi connectivity index (χ2n) is 7.07. The summed E-state index contributed by atoms with van der Waals surface area (Å²) in [6.45, 7) is 2.13. The molecule has 4 atom stereocenters. The summed E-state index contributed by atoms with van der Waals surface area (Å²) in [4.78, 5) is 24.4. The Morgan fingerprint density at radius 1 is 1.32 bits per heavy atom. The number of carbonyl (C=O) groups excluding carboxylic acids is 2. The zero-order valence-electron chi connectivity index (χ0n) is 15.7. The molecule has 0 bridgehead atoms. The van der Waals surface area contributed by atoms with Gasteiger partial charge in [-0.3, -0.25) is 4.79 Å². The van der Waals surface area contributed by atoms with E-state index < -0.39 is 18.0 Å². The molecule has 1 saturated heterocycles. The van der Waals surface area contributed by atoms with Crippen LogP contribution in [0.4, 0.5) is 14.9 Å². The van der Waals surface area contributed by atoms with Crippen molar-refractivity contribution in [1.82, 2.24) is 10.6 Å². The third-order valence-electron chi connectivity index (χ3n) is 5.16. The number of hydrogen-bond donors (Lipinski definition) is 3. The summed E-state index contributed by atoms with van der Waals surface area (Å²) in [5.41, 5.74) is 0.586. The van der Waals surface area contributed by atoms with Crippen LogP contribution >= 0.6 is 11.6 Å². The van der Waals surface area contributed by atoms with Crippen LogP contribution in [0, 0.1) is 17.8 Å². The fourth-order valence-electron chi connectivity index (χ4n) is 3.82. The van der Waals surface area contributed by atoms with Crippen LogP contribution < -0.4 is 16.0 Å². The van der Waals surface area contributed by atoms with E-state index in [-0.39, 0.29) is 36.5 Å². The molecule has 1 fully saturated rings. The van der Waals surface area contributed by atoms with Gasteiger partial charge in [-0.2, -0.15) is 0 Å². The second kappa shape index (κ2) is 8.65. The van der Waals surface area contributed by atoms with Crippen molar-refractivity contribution in [2.75, 3.05) is 19.0 Å². The highest BCUT2D eigenvalue weighted by Gasteiger charge is 2.41. The van der Waals surface area contributed by atoms with Gasteiger partial charge in [-0.1, -0.05) is 18.5 Å². The molecule has 150 valence electrons. The Kier molecular flexibility index (Phi) is 6.24. The molecular formula is C20H23ClFN3O3. The van der Waals surface area contributed by atoms with Crippen LogP contribution in [-0.2, 0) is 9.53 Å². The minimum atomic E-state index is -0.509. The summed E-state index contributed by atoms with van der Waals surface area (Å²) < 4.78 is 19.9. The van der Waals surface area contributed by atoms with E-state index in [4.69, 9.17) is 16.3 Å². The van der Waals surface area contributed by atoms with Crippen molar-refractivity contribution in [3.8, 4) is 0 Å². The van der Waals surface area contributed by atoms with Gasteiger partial charge in [0.1, 0.15) is 11.6 Å². The fourth-order valence-corrected chi connectivity index (χ4v) is 3.95. The first-order valence-electron chi connectivity index (χ1n) is 9.10. The molecule has 1 aromatic rings. The predicted octanol–water partition coefficient (Wildman–Crippen LogP) is 3.62. The lowest BCUT2D eigenvalue weighted by Gasteiger charge is -2.39. The third-order valence-corrected chi connectivity index (χ3v) is 5.42. The molecule has 1 aromatic carbocycles. The maximum Gasteiger partial charge on any atom is 0.319 e. The predicted molar refractivity (Wildman–Crippen MR) is 105 cm³/mol. The summed E-state index contributed by atoms with van der Waals surface area (Å²) in [5.74, 6) is -1.07. The molecule has 0 saturated carbocycles. The van der Waals surface area contributed by atoms with Crippen molar-refractivity contribution >= 4 is 29.2 Å². The number of piperidine rings is 1. The Hall–Kier alpha value is -2.54. The Bertz CT molecular complexity index is 809. The number of benzene rings is 1. The monoisotopic (exact) mass is 407 g/mol. The molecule has 3 rings (SSSR count). The fraction of sp³-hybridized carbons (Fsp3) is 0.400. The average molecular weight is 408 g/mol. The van der Waals surface area contributed by atoms with E-state index in [9.17, 15) is 14.0 Å². The quantitative estimate of drug-likeness (QED) is 0.713. The first-order valence-corrected chi connectivity index (χ1v) is 9.48. The molecule has 28 heavy (non-hydrogen) atoms. The average Bonchev–Trinajstić information content (AvgIpc) is 2.65. The van der Waals surface area contributed by atoms with Crippen molar-refractivity contribution in [1.29, 1.82) is 0 Å². The summed E-state index contributed by atoms with van der Waals surface area (Å²) >= 11 is 5.85. The minimum absolute atomic E-state index is 0.137. The number of rotatable bonds is 4. The standard InChI is InChI=1S/C20H23ClFN3O3/c1-11-7-14(28-2)8-16(22)19(11)15-9-18(26)23-10-17(15)25-20(27)24-13-5-3-12(21)4-6-13/h3-8,11,15,17,19H,9-10H2,1-2H3,(H,23,26)(H2,24,25,27)/t11?,15-,17-,19?/m1/s1. The van der Waals surface area contributed by atoms with Crippen LogP contribution in [0.2, 0.25) is 5.02 Å². The Morgan fingerprint density at radius 3 is 2.68 bits per heavy atom. The van der Waals surface area contributed by atoms with Gasteiger partial charge < -0.3 is 20.7 Å². The molecule has 8 heteroatoms. The number of urea groups is 1. The van der Waals surface area contributed by atoms with Gasteiger partial charge >= 0.3 is 6.03 Å². The zero-order chi connectivity index (χ0) is 20.3. The number of hydrogen-bond acceptors (Lipinski definition) is 3. The third kappa shape index (κ3) is 4.65. The molecule has 3 amide bonds. The number of carbonyl (C=O) groups is 2. The number of ether oxygens (including phenoxy) is 1. The van der Waals surface area contributed by atoms with Crippen LogP contribution in [0.1, 0.15) is 13.3 Å². The van der Waals surface area contributed by atoms with Gasteiger partial charge in [-0.15, -0.1) is 0 Å². The molecule has 3 N–H and O–H groups in total. The van der Waals surface area contributed by atoms with Gasteiger partial charge in [0.05, 0.1) is 13.2 Å². The lowest BCUT2D eigenvalue weighted by molar-refractivity contribution is -0.124. The van der Waals surface area contributed by atoms with Crippen LogP contribution in [0.25, 0.3) is 0 Å². The molecule has 6 nitrogen and oxygen atoms in total. The normalized spacial score (nSPS) is 27.2. The van der Waals surface area contributed by atoms with E-state index in [1.807, 2.05) is 13.0 Å². The Labute approximate surface area is 168 Å². The van der Waals surface area contributed by atoms with E-state index in [2.05, 4.69) is 16.0 Å². The first-order chi connectivity index (χ1) is 13.4. The van der Waals surface area contributed by atoms with E-state index in [1.165, 1.54) is 13.2 Å². The van der Waals surface area contributed by atoms with Crippen LogP contribution in [0.15, 0.2) is 48.0 Å². The van der Waals surface area contributed by atoms with E-state index in [1.54, 1.807) is 24.3 Å². The Morgan fingerprint density at radius 2 is 2.04 bits per heavy atom. The highest BCUT2D eigenvalue weighted by Crippen LogP contribution is 2.39. The topological polar surface area (TPSA) is 79.5 Å². The largest absolute Gasteiger partial charge is 0.497 e. The van der Waals surface area contributed by atoms with E-state index in [0.29, 0.717) is 16.5 Å². The lowest BCUT2D eigenvalue weighted by atomic mass is 9.72. The number of halogens is 2. The summed E-state index contributed by atoms with van der Waals surface area (Å²) in [6, 6.07) is 5.88. The van der Waals surface area contributed by atoms with E-state index >= 15 is 0 Å². The van der Waals surface area contributed by atoms with Crippen molar-refractivity contribution in [2.24, 2.45) is 17.8 Å². The molecule has 1 aliphatic carbocycles. The summed E-state index contributed by atoms with van der Waals surface area (Å²) in [7, 11) is 1.49. The lowest BCUT2D eigenvalue weighted by Crippen LogP contribution is -2.56. The molecule has 0 spiro atoms. The molecule has 1 aliphatic heterocycles. The van der Waals surface area contributed by atoms with Crippen molar-refractivity contribution in [2.45, 2.75) is 19.4 Å². The highest BCUT2D eigenvalue weighted by atomic mass is 35.5. The molecule has 1 heterocycles. The minimum Gasteiger partial charge on any atom is -0.497 e. The maximum absolute atomic E-state index is 14.8. The van der Waals surface area contributed by atoms with Crippen molar-refractivity contribution < 1.29 is 18.7 Å². The number of methoxy groups -OCH3 is 1. The maximum atomic E-state index is 14.8. The Balaban J connectivity index is 1.73. The number of allylic oxidation sites excluding steroid dienone is 3. The molecular weight excluding hydrogens is 385 g/mol. The van der Waals surface area contributed by atoms with Crippen LogP contribution in [0.5, 0.6) is 0 Å². The number of anilines is 1. The van der Waals surface area contributed by atoms with E-state index in [0.717, 1.165) is 0 Å². The molecule has 2 aliphatic rings. The second-order valence-corrected chi connectivity index (χ2v) is 7.51. The molecule has 0 aromatic heterocycles. The van der Waals surface area contributed by atoms with Gasteiger partial charge in [0.15, 0.2) is 0 Å². The smallest absolute Gasteiger partial charge is 0.319 e. The van der Waals surface area contributed by atoms with Gasteiger partial charge in [0.2, 0.25) is 5.91 Å². The van der Waals surface area contributed by atoms with Crippen molar-refractivity contribution in [3.05, 3.63) is 53.0 Å². The van der Waals surface area contributed by atoms with Crippen LogP contribution in [0.3, 0.4) is 0 Å². The van der Waals surface area contributed by atoms with Gasteiger partial charge in [0.25, 0.3) is 0 Å². The first kappa shape index (κ1) is 20.2. The van der Waals surface area contributed by atoms with Gasteiger partial charge in [-0.05, 0) is 42.2 Å². The molecule has 0 radical (unpaired) electrons. The SMILES string of the molecule is COC1=CC(C)C([C@@H]2CC(=O)NC[C@H]2NC(=O)Nc2ccc(Cl)cc2)C(F)=C1. The molecule has 2 unspecified atom stereocenters. The summed E-state index contributed by atoms with van der Waals surface area (Å²) in [6.07, 6.45) is 3.32. The van der Waals surface area contributed by atoms with Crippen LogP contribution in [-0.4, -0.2) is 31.6 Å². The highest BCUT2D eigenvalue weighted by molar-refractivity contribution is 6.30. The van der Waals surface area contributed by atoms with Gasteiger partial charge in [0, 0.05) is 35.7 Å². The van der Waals surface area contributed by atoms with Gasteiger partial charge in [-0.25, -0.2) is 9.18 Å². The number of amides is 3. The summed E-state index contributed by atoms with van der Waals surface area (Å²) in [5, 5.41) is 8.91. The zero-order valence-corrected chi connectivity index (χ0v) is 16.4. The van der Waals surface area contributed by atoms with Crippen molar-refractivity contribution in [3.63, 3.8) is 0 Å². The number of nitrogens with one attached hydrogen (secondary N) is 3.